The van der Waals surface area contributed by atoms with Gasteiger partial charge in [-0.3, -0.25) is 4.90 Å². The minimum atomic E-state index is -3.32. The number of halogens is 4. The maximum atomic E-state index is 14.5. The van der Waals surface area contributed by atoms with Gasteiger partial charge < -0.3 is 19.5 Å². The Morgan fingerprint density at radius 2 is 1.70 bits per heavy atom. The smallest absolute Gasteiger partial charge is 0.488 e. The van der Waals surface area contributed by atoms with Gasteiger partial charge in [0, 0.05) is 47.8 Å². The summed E-state index contributed by atoms with van der Waals surface area (Å²) in [5.41, 5.74) is -0.124. The first-order chi connectivity index (χ1) is 19.1. The molecule has 2 heterocycles. The van der Waals surface area contributed by atoms with Crippen molar-refractivity contribution in [2.24, 2.45) is 0 Å². The zero-order chi connectivity index (χ0) is 28.4. The fraction of sp³-hybridized carbons (Fsp3) is 0.310. The molecule has 1 fully saturated rings. The number of likely N-dealkylation sites (tertiary alicyclic amines) is 1. The van der Waals surface area contributed by atoms with Crippen LogP contribution in [0.25, 0.3) is 20.5 Å². The molecule has 1 aromatic heterocycles. The van der Waals surface area contributed by atoms with E-state index in [1.54, 1.807) is 36.4 Å². The molecule has 1 aliphatic rings. The number of ether oxygens (including phenoxy) is 2. The van der Waals surface area contributed by atoms with Gasteiger partial charge in [-0.1, -0.05) is 18.2 Å². The number of benzene rings is 3. The highest BCUT2D eigenvalue weighted by molar-refractivity contribution is 7.22. The third-order valence-corrected chi connectivity index (χ3v) is 8.07. The van der Waals surface area contributed by atoms with E-state index in [4.69, 9.17) is 9.47 Å². The monoisotopic (exact) mass is 573 g/mol. The van der Waals surface area contributed by atoms with Gasteiger partial charge >= 0.3 is 7.12 Å². The molecule has 1 aliphatic heterocycles. The molecule has 1 saturated heterocycles. The molecule has 11 heteroatoms. The van der Waals surface area contributed by atoms with Crippen LogP contribution >= 0.6 is 11.3 Å². The van der Waals surface area contributed by atoms with E-state index >= 15 is 0 Å². The third-order valence-electron chi connectivity index (χ3n) is 6.90. The Hall–Kier alpha value is -3.12. The highest BCUT2D eigenvalue weighted by Crippen LogP contribution is 2.49. The summed E-state index contributed by atoms with van der Waals surface area (Å²) < 4.78 is 69.0. The van der Waals surface area contributed by atoms with Gasteiger partial charge in [-0.05, 0) is 60.8 Å². The first-order valence-corrected chi connectivity index (χ1v) is 13.8. The number of hydrogen-bond acceptors (Lipinski definition) is 6. The molecular weight excluding hydrogens is 545 g/mol. The van der Waals surface area contributed by atoms with Crippen LogP contribution in [0.15, 0.2) is 60.7 Å². The number of thiophene rings is 1. The normalized spacial score (nSPS) is 15.0. The number of rotatable bonds is 9. The van der Waals surface area contributed by atoms with Gasteiger partial charge in [0.05, 0.1) is 4.88 Å². The van der Waals surface area contributed by atoms with E-state index in [9.17, 15) is 27.6 Å². The SMILES string of the molecule is CC(F)(F)c1cc(F)ccc1-c1sc2cc(B(O)O)ccc2c1Oc1ccc(OCCN2CCC(F)CC2)cc1. The van der Waals surface area contributed by atoms with Crippen LogP contribution < -0.4 is 14.9 Å². The molecule has 3 aromatic carbocycles. The Kier molecular flexibility index (Phi) is 8.37. The second-order valence-electron chi connectivity index (χ2n) is 9.91. The number of nitrogens with zero attached hydrogens (tertiary/aromatic N) is 1. The first-order valence-electron chi connectivity index (χ1n) is 13.0. The van der Waals surface area contributed by atoms with Gasteiger partial charge in [0.1, 0.15) is 30.1 Å². The molecule has 2 N–H and O–H groups in total. The summed E-state index contributed by atoms with van der Waals surface area (Å²) in [6, 6.07) is 14.8. The number of fused-ring (bicyclic) bond motifs is 1. The molecule has 40 heavy (non-hydrogen) atoms. The van der Waals surface area contributed by atoms with E-state index in [1.165, 1.54) is 12.1 Å². The number of piperidine rings is 1. The molecule has 0 saturated carbocycles. The lowest BCUT2D eigenvalue weighted by Crippen LogP contribution is -2.37. The highest BCUT2D eigenvalue weighted by atomic mass is 32.1. The predicted molar refractivity (Wildman–Crippen MR) is 149 cm³/mol. The van der Waals surface area contributed by atoms with Crippen molar-refractivity contribution in [2.75, 3.05) is 26.2 Å². The molecule has 5 nitrogen and oxygen atoms in total. The molecule has 0 amide bonds. The van der Waals surface area contributed by atoms with Crippen LogP contribution in [0.2, 0.25) is 0 Å². The average molecular weight is 573 g/mol. The van der Waals surface area contributed by atoms with E-state index in [2.05, 4.69) is 4.90 Å². The minimum absolute atomic E-state index is 0.118. The average Bonchev–Trinajstić information content (AvgIpc) is 3.27. The molecule has 210 valence electrons. The van der Waals surface area contributed by atoms with Crippen molar-refractivity contribution in [3.05, 3.63) is 72.0 Å². The second-order valence-corrected chi connectivity index (χ2v) is 11.0. The van der Waals surface area contributed by atoms with Gasteiger partial charge in [0.15, 0.2) is 5.75 Å². The number of alkyl halides is 3. The topological polar surface area (TPSA) is 62.2 Å². The summed E-state index contributed by atoms with van der Waals surface area (Å²) in [6.45, 7) is 3.29. The maximum absolute atomic E-state index is 14.5. The van der Waals surface area contributed by atoms with E-state index in [-0.39, 0.29) is 11.0 Å². The summed E-state index contributed by atoms with van der Waals surface area (Å²) in [4.78, 5) is 2.52. The number of hydrogen-bond donors (Lipinski definition) is 2. The predicted octanol–water partition coefficient (Wildman–Crippen LogP) is 6.10. The lowest BCUT2D eigenvalue weighted by molar-refractivity contribution is 0.0178. The molecule has 0 bridgehead atoms. The Labute approximate surface area is 233 Å². The van der Waals surface area contributed by atoms with E-state index in [0.717, 1.165) is 23.5 Å². The molecule has 0 aliphatic carbocycles. The summed E-state index contributed by atoms with van der Waals surface area (Å²) in [5, 5.41) is 19.8. The van der Waals surface area contributed by atoms with E-state index in [0.29, 0.717) is 78.2 Å². The van der Waals surface area contributed by atoms with Crippen LogP contribution in [0, 0.1) is 5.82 Å². The van der Waals surface area contributed by atoms with Crippen LogP contribution in [0.4, 0.5) is 17.6 Å². The van der Waals surface area contributed by atoms with Crippen molar-refractivity contribution >= 4 is 34.0 Å². The summed E-state index contributed by atoms with van der Waals surface area (Å²) in [6.07, 6.45) is 0.368. The van der Waals surface area contributed by atoms with Crippen molar-refractivity contribution in [3.8, 4) is 27.7 Å². The quantitative estimate of drug-likeness (QED) is 0.187. The summed E-state index contributed by atoms with van der Waals surface area (Å²) in [7, 11) is -1.70. The Morgan fingerprint density at radius 3 is 2.38 bits per heavy atom. The Balaban J connectivity index is 1.42. The van der Waals surface area contributed by atoms with Crippen LogP contribution in [-0.2, 0) is 5.92 Å². The van der Waals surface area contributed by atoms with E-state index < -0.39 is 30.6 Å². The second kappa shape index (κ2) is 11.8. The third kappa shape index (κ3) is 6.44. The van der Waals surface area contributed by atoms with Crippen molar-refractivity contribution in [2.45, 2.75) is 31.9 Å². The van der Waals surface area contributed by atoms with Crippen LogP contribution in [-0.4, -0.2) is 54.5 Å². The summed E-state index contributed by atoms with van der Waals surface area (Å²) >= 11 is 1.14. The van der Waals surface area contributed by atoms with Crippen LogP contribution in [0.3, 0.4) is 0 Å². The first kappa shape index (κ1) is 28.4. The lowest BCUT2D eigenvalue weighted by Gasteiger charge is -2.28. The van der Waals surface area contributed by atoms with Gasteiger partial charge in [-0.15, -0.1) is 11.3 Å². The largest absolute Gasteiger partial charge is 0.492 e. The van der Waals surface area contributed by atoms with Crippen LogP contribution in [0.5, 0.6) is 17.2 Å². The van der Waals surface area contributed by atoms with Gasteiger partial charge in [-0.25, -0.2) is 17.6 Å². The lowest BCUT2D eigenvalue weighted by atomic mass is 9.80. The van der Waals surface area contributed by atoms with Crippen molar-refractivity contribution in [1.82, 2.24) is 4.90 Å². The van der Waals surface area contributed by atoms with Crippen molar-refractivity contribution in [1.29, 1.82) is 0 Å². The molecule has 0 spiro atoms. The zero-order valence-corrected chi connectivity index (χ0v) is 22.6. The van der Waals surface area contributed by atoms with Gasteiger partial charge in [-0.2, -0.15) is 0 Å². The highest BCUT2D eigenvalue weighted by Gasteiger charge is 2.31. The summed E-state index contributed by atoms with van der Waals surface area (Å²) in [5.74, 6) is -2.76. The minimum Gasteiger partial charge on any atom is -0.492 e. The van der Waals surface area contributed by atoms with Crippen molar-refractivity contribution < 1.29 is 37.1 Å². The Bertz CT molecular complexity index is 1470. The molecule has 4 aromatic rings. The molecule has 0 unspecified atom stereocenters. The molecular formula is C29H28BF4NO4S. The van der Waals surface area contributed by atoms with Crippen molar-refractivity contribution in [3.63, 3.8) is 0 Å². The Morgan fingerprint density at radius 1 is 1.00 bits per heavy atom. The molecule has 0 atom stereocenters. The zero-order valence-electron chi connectivity index (χ0n) is 21.7. The fourth-order valence-corrected chi connectivity index (χ4v) is 5.96. The standard InChI is InChI=1S/C29H28BF4NO4S/c1-29(33,34)25-17-20(32)3-9-23(25)28-27(24-8-2-18(30(36)37)16-26(24)40-28)39-22-6-4-21(5-7-22)38-15-14-35-12-10-19(31)11-13-35/h2-9,16-17,19,36-37H,10-15H2,1H3. The van der Waals surface area contributed by atoms with Gasteiger partial charge in [0.2, 0.25) is 0 Å². The molecule has 5 rings (SSSR count). The van der Waals surface area contributed by atoms with E-state index in [1.807, 2.05) is 0 Å². The van der Waals surface area contributed by atoms with Crippen LogP contribution in [0.1, 0.15) is 25.3 Å². The molecule has 0 radical (unpaired) electrons. The fourth-order valence-electron chi connectivity index (χ4n) is 4.75. The van der Waals surface area contributed by atoms with Gasteiger partial charge in [0.25, 0.3) is 5.92 Å². The maximum Gasteiger partial charge on any atom is 0.488 e.